The molecule has 0 aromatic heterocycles. The van der Waals surface area contributed by atoms with Crippen LogP contribution in [0.15, 0.2) is 0 Å². The number of carbonyl (C=O) groups excluding carboxylic acids is 2. The van der Waals surface area contributed by atoms with Gasteiger partial charge in [0.1, 0.15) is 0 Å². The first kappa shape index (κ1) is 16.0. The van der Waals surface area contributed by atoms with E-state index in [0.717, 1.165) is 25.7 Å². The largest absolute Gasteiger partial charge is 0.383 e. The SMILES string of the molecule is CCCCC(=O)N1CCC(C(=O)NCCOC)CC1. The van der Waals surface area contributed by atoms with E-state index in [1.165, 1.54) is 0 Å². The van der Waals surface area contributed by atoms with Crippen molar-refractivity contribution in [2.45, 2.75) is 39.0 Å². The number of hydrogen-bond donors (Lipinski definition) is 1. The Bertz CT molecular complexity index is 286. The first-order valence-electron chi connectivity index (χ1n) is 7.23. The number of rotatable bonds is 7. The summed E-state index contributed by atoms with van der Waals surface area (Å²) < 4.78 is 4.90. The van der Waals surface area contributed by atoms with Crippen molar-refractivity contribution in [3.8, 4) is 0 Å². The zero-order valence-electron chi connectivity index (χ0n) is 12.1. The molecule has 0 spiro atoms. The Balaban J connectivity index is 2.24. The molecule has 5 nitrogen and oxygen atoms in total. The maximum Gasteiger partial charge on any atom is 0.223 e. The summed E-state index contributed by atoms with van der Waals surface area (Å²) >= 11 is 0. The highest BCUT2D eigenvalue weighted by Crippen LogP contribution is 2.18. The Kier molecular flexibility index (Phi) is 7.48. The summed E-state index contributed by atoms with van der Waals surface area (Å²) in [4.78, 5) is 25.6. The fourth-order valence-corrected chi connectivity index (χ4v) is 2.30. The van der Waals surface area contributed by atoms with Gasteiger partial charge in [-0.1, -0.05) is 13.3 Å². The molecule has 1 aliphatic rings. The van der Waals surface area contributed by atoms with Crippen LogP contribution in [-0.2, 0) is 14.3 Å². The van der Waals surface area contributed by atoms with Crippen LogP contribution in [0.1, 0.15) is 39.0 Å². The van der Waals surface area contributed by atoms with Crippen molar-refractivity contribution < 1.29 is 14.3 Å². The average molecular weight is 270 g/mol. The first-order valence-corrected chi connectivity index (χ1v) is 7.23. The van der Waals surface area contributed by atoms with Crippen molar-refractivity contribution >= 4 is 11.8 Å². The van der Waals surface area contributed by atoms with Crippen molar-refractivity contribution in [1.29, 1.82) is 0 Å². The van der Waals surface area contributed by atoms with Crippen LogP contribution < -0.4 is 5.32 Å². The van der Waals surface area contributed by atoms with E-state index in [9.17, 15) is 9.59 Å². The lowest BCUT2D eigenvalue weighted by atomic mass is 9.95. The van der Waals surface area contributed by atoms with Crippen molar-refractivity contribution in [2.24, 2.45) is 5.92 Å². The van der Waals surface area contributed by atoms with Crippen LogP contribution in [0.4, 0.5) is 0 Å². The number of hydrogen-bond acceptors (Lipinski definition) is 3. The van der Waals surface area contributed by atoms with Gasteiger partial charge < -0.3 is 15.0 Å². The molecule has 0 atom stereocenters. The molecule has 0 aromatic carbocycles. The van der Waals surface area contributed by atoms with Gasteiger partial charge in [-0.3, -0.25) is 9.59 Å². The smallest absolute Gasteiger partial charge is 0.223 e. The summed E-state index contributed by atoms with van der Waals surface area (Å²) in [5.74, 6) is 0.380. The third-order valence-electron chi connectivity index (χ3n) is 3.57. The van der Waals surface area contributed by atoms with E-state index in [4.69, 9.17) is 4.74 Å². The molecule has 5 heteroatoms. The molecule has 0 unspecified atom stereocenters. The lowest BCUT2D eigenvalue weighted by Gasteiger charge is -2.31. The Morgan fingerprint density at radius 1 is 1.32 bits per heavy atom. The van der Waals surface area contributed by atoms with Crippen LogP contribution in [0.2, 0.25) is 0 Å². The second-order valence-electron chi connectivity index (χ2n) is 5.04. The molecule has 1 saturated heterocycles. The van der Waals surface area contributed by atoms with E-state index in [1.807, 2.05) is 4.90 Å². The van der Waals surface area contributed by atoms with E-state index < -0.39 is 0 Å². The predicted molar refractivity (Wildman–Crippen MR) is 73.7 cm³/mol. The summed E-state index contributed by atoms with van der Waals surface area (Å²) in [6, 6.07) is 0. The highest BCUT2D eigenvalue weighted by Gasteiger charge is 2.26. The summed E-state index contributed by atoms with van der Waals surface area (Å²) in [6.45, 7) is 4.62. The molecule has 0 bridgehead atoms. The Morgan fingerprint density at radius 3 is 2.58 bits per heavy atom. The van der Waals surface area contributed by atoms with Gasteiger partial charge in [0.25, 0.3) is 0 Å². The number of methoxy groups -OCH3 is 1. The van der Waals surface area contributed by atoms with Gasteiger partial charge in [-0.15, -0.1) is 0 Å². The topological polar surface area (TPSA) is 58.6 Å². The van der Waals surface area contributed by atoms with Gasteiger partial charge in [0.15, 0.2) is 0 Å². The average Bonchev–Trinajstić information content (AvgIpc) is 2.45. The van der Waals surface area contributed by atoms with Crippen LogP contribution in [0.25, 0.3) is 0 Å². The lowest BCUT2D eigenvalue weighted by Crippen LogP contribution is -2.43. The van der Waals surface area contributed by atoms with Crippen LogP contribution in [-0.4, -0.2) is 50.1 Å². The Labute approximate surface area is 115 Å². The molecule has 19 heavy (non-hydrogen) atoms. The van der Waals surface area contributed by atoms with Gasteiger partial charge in [-0.2, -0.15) is 0 Å². The molecule has 110 valence electrons. The lowest BCUT2D eigenvalue weighted by molar-refractivity contribution is -0.135. The van der Waals surface area contributed by atoms with Crippen molar-refractivity contribution in [3.63, 3.8) is 0 Å². The second-order valence-corrected chi connectivity index (χ2v) is 5.04. The number of amides is 2. The highest BCUT2D eigenvalue weighted by molar-refractivity contribution is 5.80. The number of piperidine rings is 1. The van der Waals surface area contributed by atoms with Gasteiger partial charge in [0.2, 0.25) is 11.8 Å². The number of ether oxygens (including phenoxy) is 1. The van der Waals surface area contributed by atoms with Gasteiger partial charge in [-0.25, -0.2) is 0 Å². The summed E-state index contributed by atoms with van der Waals surface area (Å²) in [6.07, 6.45) is 4.19. The van der Waals surface area contributed by atoms with Crippen LogP contribution in [0.3, 0.4) is 0 Å². The Morgan fingerprint density at radius 2 is 2.00 bits per heavy atom. The maximum absolute atomic E-state index is 11.9. The molecule has 0 saturated carbocycles. The zero-order chi connectivity index (χ0) is 14.1. The zero-order valence-corrected chi connectivity index (χ0v) is 12.1. The van der Waals surface area contributed by atoms with E-state index >= 15 is 0 Å². The fourth-order valence-electron chi connectivity index (χ4n) is 2.30. The molecule has 1 rings (SSSR count). The van der Waals surface area contributed by atoms with Gasteiger partial charge in [0.05, 0.1) is 6.61 Å². The molecule has 1 fully saturated rings. The molecule has 0 radical (unpaired) electrons. The quantitative estimate of drug-likeness (QED) is 0.707. The molecule has 1 aliphatic heterocycles. The fraction of sp³-hybridized carbons (Fsp3) is 0.857. The number of carbonyl (C=O) groups is 2. The number of unbranched alkanes of at least 4 members (excludes halogenated alkanes) is 1. The van der Waals surface area contributed by atoms with Gasteiger partial charge in [-0.05, 0) is 19.3 Å². The highest BCUT2D eigenvalue weighted by atomic mass is 16.5. The van der Waals surface area contributed by atoms with Crippen molar-refractivity contribution in [3.05, 3.63) is 0 Å². The number of nitrogens with one attached hydrogen (secondary N) is 1. The minimum Gasteiger partial charge on any atom is -0.383 e. The molecule has 0 aliphatic carbocycles. The summed E-state index contributed by atoms with van der Waals surface area (Å²) in [5, 5.41) is 2.86. The van der Waals surface area contributed by atoms with Gasteiger partial charge in [0, 0.05) is 39.1 Å². The van der Waals surface area contributed by atoms with E-state index in [-0.39, 0.29) is 17.7 Å². The normalized spacial score (nSPS) is 16.4. The van der Waals surface area contributed by atoms with Gasteiger partial charge >= 0.3 is 0 Å². The Hall–Kier alpha value is -1.10. The van der Waals surface area contributed by atoms with Crippen LogP contribution in [0, 0.1) is 5.92 Å². The van der Waals surface area contributed by atoms with E-state index in [0.29, 0.717) is 32.7 Å². The van der Waals surface area contributed by atoms with Crippen LogP contribution in [0.5, 0.6) is 0 Å². The third-order valence-corrected chi connectivity index (χ3v) is 3.57. The minimum atomic E-state index is 0.0482. The van der Waals surface area contributed by atoms with E-state index in [2.05, 4.69) is 12.2 Å². The van der Waals surface area contributed by atoms with Crippen LogP contribution >= 0.6 is 0 Å². The molecule has 1 N–H and O–H groups in total. The summed E-state index contributed by atoms with van der Waals surface area (Å²) in [5.41, 5.74) is 0. The third kappa shape index (κ3) is 5.59. The standard InChI is InChI=1S/C14H26N2O3/c1-3-4-5-13(17)16-9-6-12(7-10-16)14(18)15-8-11-19-2/h12H,3-11H2,1-2H3,(H,15,18). The second kappa shape index (κ2) is 8.91. The minimum absolute atomic E-state index is 0.0482. The predicted octanol–water partition coefficient (Wildman–Crippen LogP) is 1.18. The number of likely N-dealkylation sites (tertiary alicyclic amines) is 1. The van der Waals surface area contributed by atoms with E-state index in [1.54, 1.807) is 7.11 Å². The first-order chi connectivity index (χ1) is 9.19. The summed E-state index contributed by atoms with van der Waals surface area (Å²) in [7, 11) is 1.62. The van der Waals surface area contributed by atoms with Crippen molar-refractivity contribution in [1.82, 2.24) is 10.2 Å². The molecular formula is C14H26N2O3. The molecule has 2 amide bonds. The monoisotopic (exact) mass is 270 g/mol. The number of nitrogens with zero attached hydrogens (tertiary/aromatic N) is 1. The molecule has 0 aromatic rings. The molecular weight excluding hydrogens is 244 g/mol. The maximum atomic E-state index is 11.9. The van der Waals surface area contributed by atoms with Crippen molar-refractivity contribution in [2.75, 3.05) is 33.4 Å². The molecule has 1 heterocycles.